The zero-order valence-corrected chi connectivity index (χ0v) is 15.1. The molecule has 0 fully saturated rings. The van der Waals surface area contributed by atoms with E-state index in [1.54, 1.807) is 5.38 Å². The zero-order chi connectivity index (χ0) is 16.7. The predicted octanol–water partition coefficient (Wildman–Crippen LogP) is 1.63. The SMILES string of the molecule is CCNCCNC(=O)c1sccc1S(=O)(=O)NCc1cccs1. The van der Waals surface area contributed by atoms with Crippen LogP contribution in [0.5, 0.6) is 0 Å². The second-order valence-corrected chi connectivity index (χ2v) is 8.31. The monoisotopic (exact) mass is 373 g/mol. The van der Waals surface area contributed by atoms with Crippen LogP contribution in [0, 0.1) is 0 Å². The third-order valence-corrected chi connectivity index (χ3v) is 6.34. The van der Waals surface area contributed by atoms with Crippen molar-refractivity contribution in [3.63, 3.8) is 0 Å². The van der Waals surface area contributed by atoms with Gasteiger partial charge in [-0.25, -0.2) is 13.1 Å². The second kappa shape index (κ2) is 8.55. The van der Waals surface area contributed by atoms with Gasteiger partial charge in [0, 0.05) is 24.5 Å². The number of likely N-dealkylation sites (N-methyl/N-ethyl adjacent to an activating group) is 1. The molecule has 1 amide bonds. The fourth-order valence-electron chi connectivity index (χ4n) is 1.85. The molecule has 2 aromatic heterocycles. The maximum atomic E-state index is 12.4. The average Bonchev–Trinajstić information content (AvgIpc) is 3.20. The number of amides is 1. The molecular formula is C14H19N3O3S3. The van der Waals surface area contributed by atoms with Crippen LogP contribution in [0.4, 0.5) is 0 Å². The van der Waals surface area contributed by atoms with Crippen molar-refractivity contribution in [2.24, 2.45) is 0 Å². The third kappa shape index (κ3) is 5.11. The molecule has 0 radical (unpaired) electrons. The zero-order valence-electron chi connectivity index (χ0n) is 12.7. The molecule has 0 aliphatic rings. The molecule has 0 aliphatic heterocycles. The summed E-state index contributed by atoms with van der Waals surface area (Å²) < 4.78 is 27.3. The molecule has 2 heterocycles. The van der Waals surface area contributed by atoms with Gasteiger partial charge in [-0.15, -0.1) is 22.7 Å². The summed E-state index contributed by atoms with van der Waals surface area (Å²) >= 11 is 2.60. The summed E-state index contributed by atoms with van der Waals surface area (Å²) in [6, 6.07) is 5.18. The summed E-state index contributed by atoms with van der Waals surface area (Å²) in [5.74, 6) is -0.366. The van der Waals surface area contributed by atoms with Crippen molar-refractivity contribution in [1.29, 1.82) is 0 Å². The Labute approximate surface area is 144 Å². The molecule has 0 bridgehead atoms. The minimum absolute atomic E-state index is 0.0278. The average molecular weight is 374 g/mol. The fourth-order valence-corrected chi connectivity index (χ4v) is 4.94. The van der Waals surface area contributed by atoms with Gasteiger partial charge in [0.1, 0.15) is 9.77 Å². The topological polar surface area (TPSA) is 87.3 Å². The van der Waals surface area contributed by atoms with Crippen molar-refractivity contribution < 1.29 is 13.2 Å². The summed E-state index contributed by atoms with van der Waals surface area (Å²) in [6.45, 7) is 4.11. The summed E-state index contributed by atoms with van der Waals surface area (Å²) in [6.07, 6.45) is 0. The number of sulfonamides is 1. The van der Waals surface area contributed by atoms with E-state index >= 15 is 0 Å². The Balaban J connectivity index is 2.02. The first-order valence-electron chi connectivity index (χ1n) is 7.13. The molecular weight excluding hydrogens is 354 g/mol. The van der Waals surface area contributed by atoms with Gasteiger partial charge < -0.3 is 10.6 Å². The molecule has 0 spiro atoms. The van der Waals surface area contributed by atoms with Gasteiger partial charge in [-0.05, 0) is 29.4 Å². The van der Waals surface area contributed by atoms with Gasteiger partial charge in [-0.2, -0.15) is 0 Å². The molecule has 0 aliphatic carbocycles. The van der Waals surface area contributed by atoms with Crippen molar-refractivity contribution in [3.8, 4) is 0 Å². The number of nitrogens with one attached hydrogen (secondary N) is 3. The highest BCUT2D eigenvalue weighted by molar-refractivity contribution is 7.89. The molecule has 23 heavy (non-hydrogen) atoms. The molecule has 6 nitrogen and oxygen atoms in total. The Kier molecular flexibility index (Phi) is 6.72. The van der Waals surface area contributed by atoms with Crippen LogP contribution in [0.3, 0.4) is 0 Å². The number of carbonyl (C=O) groups is 1. The first-order chi connectivity index (χ1) is 11.0. The van der Waals surface area contributed by atoms with Crippen LogP contribution in [-0.2, 0) is 16.6 Å². The van der Waals surface area contributed by atoms with E-state index in [-0.39, 0.29) is 22.2 Å². The lowest BCUT2D eigenvalue weighted by atomic mass is 10.4. The van der Waals surface area contributed by atoms with Crippen LogP contribution < -0.4 is 15.4 Å². The first-order valence-corrected chi connectivity index (χ1v) is 10.4. The van der Waals surface area contributed by atoms with Gasteiger partial charge >= 0.3 is 0 Å². The van der Waals surface area contributed by atoms with Crippen molar-refractivity contribution in [2.45, 2.75) is 18.4 Å². The van der Waals surface area contributed by atoms with Crippen LogP contribution in [0.25, 0.3) is 0 Å². The number of hydrogen-bond acceptors (Lipinski definition) is 6. The highest BCUT2D eigenvalue weighted by atomic mass is 32.2. The second-order valence-electron chi connectivity index (χ2n) is 4.63. The molecule has 126 valence electrons. The Hall–Kier alpha value is -1.26. The minimum atomic E-state index is -3.71. The van der Waals surface area contributed by atoms with Gasteiger partial charge in [-0.1, -0.05) is 13.0 Å². The van der Waals surface area contributed by atoms with E-state index in [2.05, 4.69) is 15.4 Å². The molecule has 0 aromatic carbocycles. The van der Waals surface area contributed by atoms with E-state index in [9.17, 15) is 13.2 Å². The molecule has 0 saturated heterocycles. The van der Waals surface area contributed by atoms with E-state index in [0.29, 0.717) is 13.1 Å². The van der Waals surface area contributed by atoms with Gasteiger partial charge in [0.15, 0.2) is 0 Å². The standard InChI is InChI=1S/C14H19N3O3S3/c1-2-15-6-7-16-14(18)13-12(5-9-22-13)23(19,20)17-10-11-4-3-8-21-11/h3-5,8-9,15,17H,2,6-7,10H2,1H3,(H,16,18). The number of hydrogen-bond donors (Lipinski definition) is 3. The Morgan fingerprint density at radius 3 is 2.70 bits per heavy atom. The van der Waals surface area contributed by atoms with Crippen molar-refractivity contribution in [1.82, 2.24) is 15.4 Å². The minimum Gasteiger partial charge on any atom is -0.350 e. The lowest BCUT2D eigenvalue weighted by Gasteiger charge is -2.08. The summed E-state index contributed by atoms with van der Waals surface area (Å²) in [7, 11) is -3.71. The van der Waals surface area contributed by atoms with Crippen molar-refractivity contribution in [3.05, 3.63) is 38.7 Å². The number of rotatable bonds is 9. The molecule has 9 heteroatoms. The number of carbonyl (C=O) groups excluding carboxylic acids is 1. The molecule has 2 rings (SSSR count). The summed E-state index contributed by atoms with van der Waals surface area (Å²) in [5, 5.41) is 9.31. The summed E-state index contributed by atoms with van der Waals surface area (Å²) in [5.41, 5.74) is 0. The third-order valence-electron chi connectivity index (χ3n) is 2.98. The van der Waals surface area contributed by atoms with E-state index in [0.717, 1.165) is 22.8 Å². The number of thiophene rings is 2. The lowest BCUT2D eigenvalue weighted by molar-refractivity contribution is 0.0955. The Bertz CT molecular complexity index is 724. The van der Waals surface area contributed by atoms with Crippen molar-refractivity contribution in [2.75, 3.05) is 19.6 Å². The van der Waals surface area contributed by atoms with E-state index in [1.807, 2.05) is 24.4 Å². The predicted molar refractivity (Wildman–Crippen MR) is 93.5 cm³/mol. The highest BCUT2D eigenvalue weighted by Crippen LogP contribution is 2.22. The molecule has 0 saturated carbocycles. The van der Waals surface area contributed by atoms with Crippen LogP contribution >= 0.6 is 22.7 Å². The van der Waals surface area contributed by atoms with Gasteiger partial charge in [0.05, 0.1) is 0 Å². The van der Waals surface area contributed by atoms with Crippen molar-refractivity contribution >= 4 is 38.6 Å². The summed E-state index contributed by atoms with van der Waals surface area (Å²) in [4.78, 5) is 13.3. The molecule has 3 N–H and O–H groups in total. The smallest absolute Gasteiger partial charge is 0.262 e. The fraction of sp³-hybridized carbons (Fsp3) is 0.357. The van der Waals surface area contributed by atoms with Gasteiger partial charge in [0.25, 0.3) is 5.91 Å². The quantitative estimate of drug-likeness (QED) is 0.583. The van der Waals surface area contributed by atoms with Gasteiger partial charge in [0.2, 0.25) is 10.0 Å². The molecule has 0 atom stereocenters. The maximum absolute atomic E-state index is 12.4. The van der Waals surface area contributed by atoms with Crippen LogP contribution in [0.2, 0.25) is 0 Å². The van der Waals surface area contributed by atoms with Crippen LogP contribution in [-0.4, -0.2) is 34.0 Å². The normalized spacial score (nSPS) is 11.5. The Morgan fingerprint density at radius 2 is 2.00 bits per heavy atom. The first kappa shape index (κ1) is 18.1. The molecule has 0 unspecified atom stereocenters. The highest BCUT2D eigenvalue weighted by Gasteiger charge is 2.23. The van der Waals surface area contributed by atoms with Crippen LogP contribution in [0.15, 0.2) is 33.9 Å². The van der Waals surface area contributed by atoms with Crippen LogP contribution in [0.1, 0.15) is 21.5 Å². The van der Waals surface area contributed by atoms with Gasteiger partial charge in [-0.3, -0.25) is 4.79 Å². The van der Waals surface area contributed by atoms with E-state index < -0.39 is 10.0 Å². The van der Waals surface area contributed by atoms with E-state index in [1.165, 1.54) is 17.4 Å². The largest absolute Gasteiger partial charge is 0.350 e. The maximum Gasteiger partial charge on any atom is 0.262 e. The molecule has 2 aromatic rings. The van der Waals surface area contributed by atoms with E-state index in [4.69, 9.17) is 0 Å². The lowest BCUT2D eigenvalue weighted by Crippen LogP contribution is -2.32. The Morgan fingerprint density at radius 1 is 1.17 bits per heavy atom.